The zero-order valence-corrected chi connectivity index (χ0v) is 11.9. The van der Waals surface area contributed by atoms with E-state index in [1.165, 1.54) is 5.56 Å². The molecular weight excluding hydrogens is 242 g/mol. The van der Waals surface area contributed by atoms with Gasteiger partial charge in [0.2, 0.25) is 0 Å². The van der Waals surface area contributed by atoms with Crippen LogP contribution >= 0.6 is 12.2 Å². The van der Waals surface area contributed by atoms with Gasteiger partial charge in [-0.05, 0) is 12.0 Å². The van der Waals surface area contributed by atoms with E-state index >= 15 is 0 Å². The Balaban J connectivity index is 2.13. The molecule has 1 fully saturated rings. The van der Waals surface area contributed by atoms with Crippen LogP contribution in [-0.2, 0) is 6.42 Å². The molecule has 0 aliphatic carbocycles. The summed E-state index contributed by atoms with van der Waals surface area (Å²) in [6.07, 6.45) is 0.105. The summed E-state index contributed by atoms with van der Waals surface area (Å²) in [5, 5.41) is 10.0. The molecule has 1 aromatic carbocycles. The molecule has 1 heterocycles. The average molecular weight is 264 g/mol. The number of likely N-dealkylation sites (tertiary alicyclic amines) is 1. The predicted octanol–water partition coefficient (Wildman–Crippen LogP) is 2.65. The first-order chi connectivity index (χ1) is 8.82. The summed E-state index contributed by atoms with van der Waals surface area (Å²) >= 11 is 5.48. The molecule has 2 rings (SSSR count). The summed E-state index contributed by atoms with van der Waals surface area (Å²) < 4.78 is 7.97. The van der Waals surface area contributed by atoms with Crippen molar-refractivity contribution in [3.05, 3.63) is 35.9 Å². The van der Waals surface area contributed by atoms with Gasteiger partial charge in [-0.2, -0.15) is 0 Å². The molecule has 98 valence electrons. The second kappa shape index (κ2) is 4.98. The summed E-state index contributed by atoms with van der Waals surface area (Å²) in [4.78, 5) is 2.64. The minimum Gasteiger partial charge on any atom is -0.389 e. The highest BCUT2D eigenvalue weighted by molar-refractivity contribution is 7.80. The van der Waals surface area contributed by atoms with E-state index < -0.39 is 12.6 Å². The molecule has 0 unspecified atom stereocenters. The van der Waals surface area contributed by atoms with Crippen molar-refractivity contribution in [2.24, 2.45) is 5.41 Å². The minimum atomic E-state index is -0.625. The van der Waals surface area contributed by atoms with Crippen LogP contribution in [0.1, 0.15) is 27.7 Å². The van der Waals surface area contributed by atoms with Gasteiger partial charge in [0.25, 0.3) is 0 Å². The molecule has 0 spiro atoms. The zero-order chi connectivity index (χ0) is 14.2. The van der Waals surface area contributed by atoms with Crippen molar-refractivity contribution in [2.45, 2.75) is 39.3 Å². The quantitative estimate of drug-likeness (QED) is 0.831. The molecular formula is C15H21NOS. The van der Waals surface area contributed by atoms with Gasteiger partial charge in [-0.1, -0.05) is 63.3 Å². The third-order valence-electron chi connectivity index (χ3n) is 3.23. The number of nitrogens with zero attached hydrogens (tertiary/aromatic N) is 1. The van der Waals surface area contributed by atoms with Gasteiger partial charge in [-0.25, -0.2) is 0 Å². The molecule has 3 heteroatoms. The van der Waals surface area contributed by atoms with Crippen LogP contribution in [0, 0.1) is 5.41 Å². The van der Waals surface area contributed by atoms with Crippen molar-refractivity contribution < 1.29 is 6.48 Å². The lowest BCUT2D eigenvalue weighted by Crippen LogP contribution is -2.64. The summed E-state index contributed by atoms with van der Waals surface area (Å²) in [6.45, 7) is 5.52. The van der Waals surface area contributed by atoms with Crippen LogP contribution in [-0.4, -0.2) is 33.7 Å². The molecule has 3 atom stereocenters. The smallest absolute Gasteiger partial charge is 0.0921 e. The van der Waals surface area contributed by atoms with E-state index in [0.717, 1.165) is 11.4 Å². The normalized spacial score (nSPS) is 28.6. The molecule has 1 aliphatic rings. The summed E-state index contributed by atoms with van der Waals surface area (Å²) in [7, 11) is 0. The monoisotopic (exact) mass is 264 g/mol. The second-order valence-corrected chi connectivity index (χ2v) is 6.25. The highest BCUT2D eigenvalue weighted by Crippen LogP contribution is 2.29. The Morgan fingerprint density at radius 3 is 2.61 bits per heavy atom. The van der Waals surface area contributed by atoms with Gasteiger partial charge in [0.15, 0.2) is 0 Å². The average Bonchev–Trinajstić information content (AvgIpc) is 2.37. The molecule has 0 bridgehead atoms. The van der Waals surface area contributed by atoms with Crippen LogP contribution in [0.15, 0.2) is 30.3 Å². The van der Waals surface area contributed by atoms with Crippen LogP contribution in [0.3, 0.4) is 0 Å². The van der Waals surface area contributed by atoms with Crippen molar-refractivity contribution in [1.82, 2.24) is 4.90 Å². The van der Waals surface area contributed by atoms with Crippen molar-refractivity contribution >= 4 is 17.2 Å². The fraction of sp³-hybridized carbons (Fsp3) is 0.533. The first-order valence-corrected chi connectivity index (χ1v) is 6.70. The molecule has 0 aromatic heterocycles. The Kier molecular flexibility index (Phi) is 3.35. The largest absolute Gasteiger partial charge is 0.389 e. The molecule has 18 heavy (non-hydrogen) atoms. The lowest BCUT2D eigenvalue weighted by Gasteiger charge is -2.50. The van der Waals surface area contributed by atoms with Crippen LogP contribution in [0.5, 0.6) is 0 Å². The number of aliphatic hydroxyl groups is 1. The maximum Gasteiger partial charge on any atom is 0.0921 e. The van der Waals surface area contributed by atoms with Crippen molar-refractivity contribution in [3.8, 4) is 0 Å². The lowest BCUT2D eigenvalue weighted by molar-refractivity contribution is -0.0193. The van der Waals surface area contributed by atoms with E-state index in [0.29, 0.717) is 0 Å². The highest BCUT2D eigenvalue weighted by atomic mass is 32.1. The van der Waals surface area contributed by atoms with Gasteiger partial charge in [0.1, 0.15) is 0 Å². The van der Waals surface area contributed by atoms with Gasteiger partial charge >= 0.3 is 0 Å². The molecule has 0 amide bonds. The van der Waals surface area contributed by atoms with Crippen LogP contribution in [0.4, 0.5) is 0 Å². The zero-order valence-electron chi connectivity index (χ0n) is 12.1. The van der Waals surface area contributed by atoms with Crippen molar-refractivity contribution in [3.63, 3.8) is 0 Å². The predicted molar refractivity (Wildman–Crippen MR) is 78.7 cm³/mol. The standard InChI is InChI=1S/C15H21NOS/c1-15(2,3)14(18)16-10-13(17)12(16)9-11-7-5-4-6-8-11/h4-8,12-13,17H,9-10H2,1-3H3/t12-,13+/m0/s1/i10D/t10-,12-,13+. The molecule has 1 N–H and O–H groups in total. The fourth-order valence-electron chi connectivity index (χ4n) is 2.12. The van der Waals surface area contributed by atoms with Gasteiger partial charge in [-0.15, -0.1) is 0 Å². The van der Waals surface area contributed by atoms with Crippen LogP contribution in [0.2, 0.25) is 0 Å². The van der Waals surface area contributed by atoms with Gasteiger partial charge in [0.05, 0.1) is 18.5 Å². The van der Waals surface area contributed by atoms with Crippen LogP contribution in [0.25, 0.3) is 0 Å². The Bertz CT molecular complexity index is 457. The van der Waals surface area contributed by atoms with Crippen molar-refractivity contribution in [1.29, 1.82) is 0 Å². The Morgan fingerprint density at radius 1 is 1.44 bits per heavy atom. The number of hydrogen-bond acceptors (Lipinski definition) is 2. The van der Waals surface area contributed by atoms with Gasteiger partial charge in [-0.3, -0.25) is 0 Å². The molecule has 1 aromatic rings. The maximum absolute atomic E-state index is 10.0. The van der Waals surface area contributed by atoms with E-state index in [2.05, 4.69) is 0 Å². The van der Waals surface area contributed by atoms with E-state index in [1.807, 2.05) is 56.0 Å². The van der Waals surface area contributed by atoms with Gasteiger partial charge in [0, 0.05) is 11.9 Å². The molecule has 0 radical (unpaired) electrons. The van der Waals surface area contributed by atoms with Crippen LogP contribution < -0.4 is 0 Å². The third-order valence-corrected chi connectivity index (χ3v) is 4.05. The maximum atomic E-state index is 10.0. The van der Waals surface area contributed by atoms with E-state index in [1.54, 1.807) is 0 Å². The van der Waals surface area contributed by atoms with E-state index in [4.69, 9.17) is 13.6 Å². The Morgan fingerprint density at radius 2 is 2.06 bits per heavy atom. The Hall–Kier alpha value is -0.930. The number of hydrogen-bond donors (Lipinski definition) is 1. The first kappa shape index (κ1) is 12.1. The topological polar surface area (TPSA) is 23.5 Å². The van der Waals surface area contributed by atoms with Crippen molar-refractivity contribution in [2.75, 3.05) is 6.52 Å². The summed E-state index contributed by atoms with van der Waals surface area (Å²) in [5.41, 5.74) is 1.02. The number of rotatable bonds is 2. The highest BCUT2D eigenvalue weighted by Gasteiger charge is 2.41. The molecule has 1 aliphatic heterocycles. The summed E-state index contributed by atoms with van der Waals surface area (Å²) in [5.74, 6) is 0. The molecule has 2 nitrogen and oxygen atoms in total. The number of β-amino-alcohol motifs (C(OH)–C–C–N with tert-alkyl or cyclic N) is 1. The summed E-state index contributed by atoms with van der Waals surface area (Å²) in [6, 6.07) is 9.98. The lowest BCUT2D eigenvalue weighted by atomic mass is 9.87. The second-order valence-electron chi connectivity index (χ2n) is 5.86. The SMILES string of the molecule is [2H][C@H]1[C@@H](O)[C@H](Cc2ccccc2)N1C(=S)C(C)(C)C. The number of aliphatic hydroxyl groups excluding tert-OH is 1. The molecule has 0 saturated carbocycles. The Labute approximate surface area is 116 Å². The first-order valence-electron chi connectivity index (χ1n) is 6.87. The number of thiocarbonyl (C=S) groups is 1. The third kappa shape index (κ3) is 2.73. The number of benzene rings is 1. The van der Waals surface area contributed by atoms with Gasteiger partial charge < -0.3 is 10.0 Å². The van der Waals surface area contributed by atoms with E-state index in [-0.39, 0.29) is 11.5 Å². The molecule has 1 saturated heterocycles. The fourth-order valence-corrected chi connectivity index (χ4v) is 2.31. The minimum absolute atomic E-state index is 0.0726. The van der Waals surface area contributed by atoms with E-state index in [9.17, 15) is 5.11 Å².